The zero-order chi connectivity index (χ0) is 20.2. The quantitative estimate of drug-likeness (QED) is 0.206. The van der Waals surface area contributed by atoms with Gasteiger partial charge in [0.1, 0.15) is 18.4 Å². The van der Waals surface area contributed by atoms with Gasteiger partial charge in [0.15, 0.2) is 5.96 Å². The van der Waals surface area contributed by atoms with Crippen molar-refractivity contribution in [2.75, 3.05) is 13.1 Å². The van der Waals surface area contributed by atoms with E-state index in [0.29, 0.717) is 6.54 Å². The van der Waals surface area contributed by atoms with E-state index in [-0.39, 0.29) is 30.1 Å². The Bertz CT molecular complexity index is 720. The molecule has 0 aliphatic rings. The molecular weight excluding hydrogens is 479 g/mol. The Labute approximate surface area is 191 Å². The Morgan fingerprint density at radius 1 is 1.17 bits per heavy atom. The van der Waals surface area contributed by atoms with Gasteiger partial charge in [-0.05, 0) is 51.7 Å². The number of aryl methyl sites for hydroxylation is 2. The van der Waals surface area contributed by atoms with E-state index in [0.717, 1.165) is 56.2 Å². The molecule has 1 aromatic heterocycles. The molecule has 0 radical (unpaired) electrons. The van der Waals surface area contributed by atoms with Crippen molar-refractivity contribution in [3.05, 3.63) is 42.0 Å². The summed E-state index contributed by atoms with van der Waals surface area (Å²) in [4.78, 5) is 4.74. The van der Waals surface area contributed by atoms with E-state index in [9.17, 15) is 0 Å². The topological polar surface area (TPSA) is 76.4 Å². The monoisotopic (exact) mass is 514 g/mol. The number of unbranched alkanes of at least 4 members (excludes halogenated alkanes) is 1. The number of aliphatic imine (C=N–C) groups is 1. The average Bonchev–Trinajstić information content (AvgIpc) is 3.20. The largest absolute Gasteiger partial charge is 0.490 e. The molecule has 162 valence electrons. The van der Waals surface area contributed by atoms with Crippen LogP contribution in [0, 0.1) is 6.92 Å². The molecule has 0 aliphatic carbocycles. The van der Waals surface area contributed by atoms with Gasteiger partial charge in [-0.3, -0.25) is 0 Å². The summed E-state index contributed by atoms with van der Waals surface area (Å²) in [7, 11) is 0. The van der Waals surface area contributed by atoms with Crippen molar-refractivity contribution in [3.63, 3.8) is 0 Å². The van der Waals surface area contributed by atoms with Crippen LogP contribution in [0.15, 0.2) is 35.8 Å². The Morgan fingerprint density at radius 2 is 1.93 bits per heavy atom. The highest BCUT2D eigenvalue weighted by atomic mass is 127. The van der Waals surface area contributed by atoms with Crippen molar-refractivity contribution >= 4 is 29.9 Å². The lowest BCUT2D eigenvalue weighted by Crippen LogP contribution is -2.37. The minimum atomic E-state index is 0. The van der Waals surface area contributed by atoms with Crippen LogP contribution >= 0.6 is 24.0 Å². The number of ether oxygens (including phenoxy) is 1. The van der Waals surface area contributed by atoms with Gasteiger partial charge in [-0.1, -0.05) is 19.1 Å². The first-order chi connectivity index (χ1) is 13.6. The van der Waals surface area contributed by atoms with Gasteiger partial charge in [-0.25, -0.2) is 4.99 Å². The first-order valence-corrected chi connectivity index (χ1v) is 10.2. The first-order valence-electron chi connectivity index (χ1n) is 10.2. The second-order valence-electron chi connectivity index (χ2n) is 6.98. The highest BCUT2D eigenvalue weighted by Crippen LogP contribution is 2.23. The number of benzene rings is 1. The third-order valence-corrected chi connectivity index (χ3v) is 4.48. The third kappa shape index (κ3) is 9.47. The number of rotatable bonds is 11. The van der Waals surface area contributed by atoms with Gasteiger partial charge in [0.2, 0.25) is 0 Å². The van der Waals surface area contributed by atoms with Gasteiger partial charge in [-0.2, -0.15) is 0 Å². The average molecular weight is 514 g/mol. The Kier molecular flexibility index (Phi) is 12.3. The maximum atomic E-state index is 6.09. The molecule has 7 nitrogen and oxygen atoms in total. The molecule has 1 heterocycles. The Morgan fingerprint density at radius 3 is 2.62 bits per heavy atom. The van der Waals surface area contributed by atoms with Crippen molar-refractivity contribution in [2.45, 2.75) is 66.2 Å². The second kappa shape index (κ2) is 14.2. The van der Waals surface area contributed by atoms with Crippen LogP contribution in [0.1, 0.15) is 51.2 Å². The van der Waals surface area contributed by atoms with Gasteiger partial charge in [-0.15, -0.1) is 34.2 Å². The summed E-state index contributed by atoms with van der Waals surface area (Å²) in [5.41, 5.74) is 2.31. The van der Waals surface area contributed by atoms with Crippen LogP contribution in [0.25, 0.3) is 0 Å². The van der Waals surface area contributed by atoms with E-state index >= 15 is 0 Å². The summed E-state index contributed by atoms with van der Waals surface area (Å²) in [6, 6.07) is 6.32. The van der Waals surface area contributed by atoms with E-state index in [4.69, 9.17) is 9.73 Å². The molecule has 29 heavy (non-hydrogen) atoms. The normalized spacial score (nSPS) is 12.2. The minimum Gasteiger partial charge on any atom is -0.490 e. The van der Waals surface area contributed by atoms with Crippen molar-refractivity contribution in [3.8, 4) is 5.75 Å². The summed E-state index contributed by atoms with van der Waals surface area (Å²) in [6.07, 6.45) is 6.79. The van der Waals surface area contributed by atoms with Gasteiger partial charge in [0.25, 0.3) is 0 Å². The first kappa shape index (κ1) is 25.2. The number of hydrogen-bond acceptors (Lipinski definition) is 4. The van der Waals surface area contributed by atoms with Gasteiger partial charge in [0, 0.05) is 25.2 Å². The summed E-state index contributed by atoms with van der Waals surface area (Å²) in [5, 5.41) is 14.4. The molecule has 0 fully saturated rings. The van der Waals surface area contributed by atoms with E-state index in [1.807, 2.05) is 4.57 Å². The van der Waals surface area contributed by atoms with Gasteiger partial charge >= 0.3 is 0 Å². The highest BCUT2D eigenvalue weighted by molar-refractivity contribution is 14.0. The molecule has 0 amide bonds. The number of aromatic nitrogens is 3. The molecule has 1 unspecified atom stereocenters. The zero-order valence-electron chi connectivity index (χ0n) is 18.0. The Hall–Kier alpha value is -1.84. The highest BCUT2D eigenvalue weighted by Gasteiger charge is 2.08. The Balaban J connectivity index is 0.00000420. The van der Waals surface area contributed by atoms with E-state index in [1.54, 1.807) is 12.7 Å². The smallest absolute Gasteiger partial charge is 0.191 e. The predicted octanol–water partition coefficient (Wildman–Crippen LogP) is 3.92. The maximum absolute atomic E-state index is 6.09. The fraction of sp³-hybridized carbons (Fsp3) is 0.571. The lowest BCUT2D eigenvalue weighted by molar-refractivity contribution is 0.215. The van der Waals surface area contributed by atoms with Crippen LogP contribution < -0.4 is 15.4 Å². The second-order valence-corrected chi connectivity index (χ2v) is 6.98. The van der Waals surface area contributed by atoms with Crippen molar-refractivity contribution in [2.24, 2.45) is 4.99 Å². The molecule has 0 saturated heterocycles. The number of halogens is 1. The molecule has 2 aromatic rings. The van der Waals surface area contributed by atoms with Crippen LogP contribution in [0.4, 0.5) is 0 Å². The third-order valence-electron chi connectivity index (χ3n) is 4.48. The van der Waals surface area contributed by atoms with E-state index in [2.05, 4.69) is 66.7 Å². The number of hydrogen-bond donors (Lipinski definition) is 2. The predicted molar refractivity (Wildman–Crippen MR) is 129 cm³/mol. The molecular formula is C21H35IN6O. The van der Waals surface area contributed by atoms with Crippen molar-refractivity contribution in [1.82, 2.24) is 25.4 Å². The fourth-order valence-electron chi connectivity index (χ4n) is 2.67. The molecule has 0 spiro atoms. The minimum absolute atomic E-state index is 0. The fourth-order valence-corrected chi connectivity index (χ4v) is 2.67. The van der Waals surface area contributed by atoms with Gasteiger partial charge in [0.05, 0.1) is 12.6 Å². The molecule has 0 saturated carbocycles. The SMILES string of the molecule is CCNC(=NCc1ccc(C)cc1OC(C)CC)NCCCCn1cnnc1.I. The van der Waals surface area contributed by atoms with E-state index in [1.165, 1.54) is 5.56 Å². The molecule has 2 rings (SSSR count). The lowest BCUT2D eigenvalue weighted by Gasteiger charge is -2.17. The molecule has 1 atom stereocenters. The molecule has 2 N–H and O–H groups in total. The number of nitrogens with zero attached hydrogens (tertiary/aromatic N) is 4. The van der Waals surface area contributed by atoms with Crippen molar-refractivity contribution < 1.29 is 4.74 Å². The zero-order valence-corrected chi connectivity index (χ0v) is 20.3. The summed E-state index contributed by atoms with van der Waals surface area (Å²) in [5.74, 6) is 1.77. The van der Waals surface area contributed by atoms with Crippen LogP contribution in [-0.4, -0.2) is 39.9 Å². The molecule has 8 heteroatoms. The van der Waals surface area contributed by atoms with Crippen LogP contribution in [-0.2, 0) is 13.1 Å². The lowest BCUT2D eigenvalue weighted by atomic mass is 10.1. The molecule has 0 aliphatic heterocycles. The van der Waals surface area contributed by atoms with Crippen LogP contribution in [0.2, 0.25) is 0 Å². The summed E-state index contributed by atoms with van der Waals surface area (Å²) >= 11 is 0. The van der Waals surface area contributed by atoms with E-state index < -0.39 is 0 Å². The number of nitrogens with one attached hydrogen (secondary N) is 2. The summed E-state index contributed by atoms with van der Waals surface area (Å²) < 4.78 is 8.09. The number of guanidine groups is 1. The standard InChI is InChI=1S/C21H34N6O.HI/c1-5-18(4)28-20-13-17(3)9-10-19(20)14-24-21(22-6-2)23-11-7-8-12-27-15-25-26-16-27;/h9-10,13,15-16,18H,5-8,11-12,14H2,1-4H3,(H2,22,23,24);1H. The van der Waals surface area contributed by atoms with Crippen LogP contribution in [0.5, 0.6) is 5.75 Å². The van der Waals surface area contributed by atoms with Gasteiger partial charge < -0.3 is 19.9 Å². The maximum Gasteiger partial charge on any atom is 0.191 e. The summed E-state index contributed by atoms with van der Waals surface area (Å²) in [6.45, 7) is 11.6. The van der Waals surface area contributed by atoms with Crippen LogP contribution in [0.3, 0.4) is 0 Å². The molecule has 0 bridgehead atoms. The molecule has 1 aromatic carbocycles. The van der Waals surface area contributed by atoms with Crippen molar-refractivity contribution in [1.29, 1.82) is 0 Å².